The Hall–Kier alpha value is -3.18. The molecule has 0 radical (unpaired) electrons. The van der Waals surface area contributed by atoms with Crippen molar-refractivity contribution in [1.29, 1.82) is 5.26 Å². The second-order valence-electron chi connectivity index (χ2n) is 5.78. The molecule has 0 saturated carbocycles. The second-order valence-corrected chi connectivity index (χ2v) is 7.43. The lowest BCUT2D eigenvalue weighted by molar-refractivity contribution is -0.117. The number of carbonyl (C=O) groups is 1. The van der Waals surface area contributed by atoms with Crippen molar-refractivity contribution in [1.82, 2.24) is 4.72 Å². The van der Waals surface area contributed by atoms with Gasteiger partial charge >= 0.3 is 0 Å². The second kappa shape index (κ2) is 6.98. The Morgan fingerprint density at radius 3 is 2.62 bits per heavy atom. The van der Waals surface area contributed by atoms with Crippen molar-refractivity contribution >= 4 is 27.5 Å². The zero-order chi connectivity index (χ0) is 18.7. The molecule has 1 atom stereocenters. The molecule has 0 aromatic heterocycles. The first kappa shape index (κ1) is 17.6. The Kier molecular flexibility index (Phi) is 4.73. The monoisotopic (exact) mass is 368 g/mol. The highest BCUT2D eigenvalue weighted by molar-refractivity contribution is 7.90. The average molecular weight is 368 g/mol. The standard InChI is InChI=1S/C18H16N4O3S/c1-12(18(23)21-14-8-6-13(7-9-14)10-11-19)20-17-15-4-2-3-5-16(15)26(24,25)22-17/h2-9,12H,10H2,1H3,(H,20,22)(H,21,23)/t12-/m0/s1. The number of sulfonamides is 1. The maximum atomic E-state index is 12.3. The normalized spacial score (nSPS) is 17.0. The first-order valence-corrected chi connectivity index (χ1v) is 9.36. The van der Waals surface area contributed by atoms with Gasteiger partial charge < -0.3 is 5.32 Å². The van der Waals surface area contributed by atoms with Gasteiger partial charge in [0.05, 0.1) is 17.4 Å². The lowest BCUT2D eigenvalue weighted by Gasteiger charge is -2.10. The lowest BCUT2D eigenvalue weighted by Crippen LogP contribution is -2.28. The number of nitrogens with zero attached hydrogens (tertiary/aromatic N) is 2. The molecule has 0 unspecified atom stereocenters. The summed E-state index contributed by atoms with van der Waals surface area (Å²) in [6, 6.07) is 14.7. The molecule has 26 heavy (non-hydrogen) atoms. The van der Waals surface area contributed by atoms with Crippen LogP contribution in [0.2, 0.25) is 0 Å². The Morgan fingerprint density at radius 1 is 1.23 bits per heavy atom. The van der Waals surface area contributed by atoms with Gasteiger partial charge in [0.1, 0.15) is 11.9 Å². The topological polar surface area (TPSA) is 111 Å². The third kappa shape index (κ3) is 3.58. The fourth-order valence-electron chi connectivity index (χ4n) is 2.53. The van der Waals surface area contributed by atoms with E-state index in [1.54, 1.807) is 49.4 Å². The van der Waals surface area contributed by atoms with Crippen molar-refractivity contribution in [3.8, 4) is 6.07 Å². The Bertz CT molecular complexity index is 1020. The molecule has 1 aliphatic rings. The zero-order valence-electron chi connectivity index (χ0n) is 13.9. The van der Waals surface area contributed by atoms with Crippen molar-refractivity contribution in [3.63, 3.8) is 0 Å². The molecule has 7 nitrogen and oxygen atoms in total. The number of fused-ring (bicyclic) bond motifs is 1. The summed E-state index contributed by atoms with van der Waals surface area (Å²) in [5, 5.41) is 11.4. The Morgan fingerprint density at radius 2 is 1.92 bits per heavy atom. The number of benzene rings is 2. The zero-order valence-corrected chi connectivity index (χ0v) is 14.7. The van der Waals surface area contributed by atoms with Gasteiger partial charge in [-0.3, -0.25) is 14.5 Å². The van der Waals surface area contributed by atoms with Crippen LogP contribution in [0.4, 0.5) is 5.69 Å². The van der Waals surface area contributed by atoms with Crippen molar-refractivity contribution in [2.45, 2.75) is 24.3 Å². The van der Waals surface area contributed by atoms with Gasteiger partial charge in [0, 0.05) is 11.3 Å². The van der Waals surface area contributed by atoms with E-state index in [1.807, 2.05) is 0 Å². The molecule has 1 aliphatic heterocycles. The third-order valence-electron chi connectivity index (χ3n) is 3.87. The SMILES string of the molecule is C[C@H](N=C1NS(=O)(=O)c2ccccc21)C(=O)Nc1ccc(CC#N)cc1. The summed E-state index contributed by atoms with van der Waals surface area (Å²) < 4.78 is 26.5. The molecule has 0 fully saturated rings. The minimum Gasteiger partial charge on any atom is -0.324 e. The lowest BCUT2D eigenvalue weighted by atomic mass is 10.1. The minimum absolute atomic E-state index is 0.152. The van der Waals surface area contributed by atoms with Crippen LogP contribution in [0, 0.1) is 11.3 Å². The minimum atomic E-state index is -3.63. The molecule has 2 aromatic rings. The molecule has 2 N–H and O–H groups in total. The van der Waals surface area contributed by atoms with E-state index >= 15 is 0 Å². The third-order valence-corrected chi connectivity index (χ3v) is 5.27. The molecule has 0 saturated heterocycles. The summed E-state index contributed by atoms with van der Waals surface area (Å²) in [7, 11) is -3.63. The van der Waals surface area contributed by atoms with E-state index in [0.717, 1.165) is 5.56 Å². The molecule has 132 valence electrons. The molecule has 1 heterocycles. The molecule has 0 bridgehead atoms. The number of nitriles is 1. The molecule has 8 heteroatoms. The van der Waals surface area contributed by atoms with Crippen LogP contribution < -0.4 is 10.0 Å². The summed E-state index contributed by atoms with van der Waals surface area (Å²) >= 11 is 0. The summed E-state index contributed by atoms with van der Waals surface area (Å²) in [5.41, 5.74) is 1.89. The number of anilines is 1. The van der Waals surface area contributed by atoms with Gasteiger partial charge in [-0.15, -0.1) is 0 Å². The smallest absolute Gasteiger partial charge is 0.263 e. The van der Waals surface area contributed by atoms with Crippen LogP contribution in [0.3, 0.4) is 0 Å². The van der Waals surface area contributed by atoms with Crippen molar-refractivity contribution in [2.75, 3.05) is 5.32 Å². The van der Waals surface area contributed by atoms with Crippen molar-refractivity contribution in [2.24, 2.45) is 4.99 Å². The van der Waals surface area contributed by atoms with Gasteiger partial charge in [-0.1, -0.05) is 24.3 Å². The van der Waals surface area contributed by atoms with Crippen molar-refractivity contribution in [3.05, 3.63) is 59.7 Å². The van der Waals surface area contributed by atoms with Crippen molar-refractivity contribution < 1.29 is 13.2 Å². The number of nitrogens with one attached hydrogen (secondary N) is 2. The first-order chi connectivity index (χ1) is 12.4. The largest absolute Gasteiger partial charge is 0.324 e. The molecular formula is C18H16N4O3S. The summed E-state index contributed by atoms with van der Waals surface area (Å²) in [6.07, 6.45) is 0.303. The molecule has 1 amide bonds. The van der Waals surface area contributed by atoms with Crippen LogP contribution in [-0.4, -0.2) is 26.2 Å². The number of aliphatic imine (C=N–C) groups is 1. The number of carbonyl (C=O) groups excluding carboxylic acids is 1. The molecule has 0 aliphatic carbocycles. The number of hydrogen-bond donors (Lipinski definition) is 2. The summed E-state index contributed by atoms with van der Waals surface area (Å²) in [6.45, 7) is 1.58. The van der Waals surface area contributed by atoms with Crippen LogP contribution in [-0.2, 0) is 21.2 Å². The fraction of sp³-hybridized carbons (Fsp3) is 0.167. The van der Waals surface area contributed by atoms with Gasteiger partial charge in [0.25, 0.3) is 10.0 Å². The number of amides is 1. The first-order valence-electron chi connectivity index (χ1n) is 7.87. The number of hydrogen-bond acceptors (Lipinski definition) is 5. The Balaban J connectivity index is 1.76. The van der Waals surface area contributed by atoms with E-state index in [-0.39, 0.29) is 16.6 Å². The van der Waals surface area contributed by atoms with E-state index in [9.17, 15) is 13.2 Å². The Labute approximate surface area is 151 Å². The van der Waals surface area contributed by atoms with Gasteiger partial charge in [-0.25, -0.2) is 8.42 Å². The van der Waals surface area contributed by atoms with E-state index < -0.39 is 16.1 Å². The van der Waals surface area contributed by atoms with Gasteiger partial charge in [0.15, 0.2) is 0 Å². The quantitative estimate of drug-likeness (QED) is 0.857. The molecular weight excluding hydrogens is 352 g/mol. The summed E-state index contributed by atoms with van der Waals surface area (Å²) in [4.78, 5) is 16.7. The predicted molar refractivity (Wildman–Crippen MR) is 97.2 cm³/mol. The molecule has 2 aromatic carbocycles. The maximum absolute atomic E-state index is 12.3. The van der Waals surface area contributed by atoms with E-state index in [4.69, 9.17) is 5.26 Å². The predicted octanol–water partition coefficient (Wildman–Crippen LogP) is 1.82. The van der Waals surface area contributed by atoms with Crippen LogP contribution in [0.25, 0.3) is 0 Å². The van der Waals surface area contributed by atoms with Crippen LogP contribution in [0.5, 0.6) is 0 Å². The highest BCUT2D eigenvalue weighted by Gasteiger charge is 2.31. The van der Waals surface area contributed by atoms with Crippen LogP contribution in [0.1, 0.15) is 18.1 Å². The van der Waals surface area contributed by atoms with Gasteiger partial charge in [-0.05, 0) is 36.8 Å². The molecule has 0 spiro atoms. The highest BCUT2D eigenvalue weighted by atomic mass is 32.2. The van der Waals surface area contributed by atoms with Gasteiger partial charge in [-0.2, -0.15) is 5.26 Å². The van der Waals surface area contributed by atoms with Gasteiger partial charge in [0.2, 0.25) is 5.91 Å². The average Bonchev–Trinajstić information content (AvgIpc) is 2.88. The van der Waals surface area contributed by atoms with E-state index in [1.165, 1.54) is 6.07 Å². The maximum Gasteiger partial charge on any atom is 0.263 e. The van der Waals surface area contributed by atoms with E-state index in [0.29, 0.717) is 17.7 Å². The molecule has 3 rings (SSSR count). The number of rotatable bonds is 4. The highest BCUT2D eigenvalue weighted by Crippen LogP contribution is 2.22. The summed E-state index contributed by atoms with van der Waals surface area (Å²) in [5.74, 6) is -0.207. The van der Waals surface area contributed by atoms with Crippen LogP contribution in [0.15, 0.2) is 58.4 Å². The van der Waals surface area contributed by atoms with E-state index in [2.05, 4.69) is 21.1 Å². The number of amidine groups is 1. The van der Waals surface area contributed by atoms with Crippen LogP contribution >= 0.6 is 0 Å². The fourth-order valence-corrected chi connectivity index (χ4v) is 3.77.